The van der Waals surface area contributed by atoms with Gasteiger partial charge < -0.3 is 11.8 Å². The number of pyridine rings is 1. The summed E-state index contributed by atoms with van der Waals surface area (Å²) in [6.07, 6.45) is 9.82. The molecule has 162 valence electrons. The summed E-state index contributed by atoms with van der Waals surface area (Å²) in [5.74, 6) is -0.0731. The Balaban J connectivity index is 0.00000272. The van der Waals surface area contributed by atoms with Crippen LogP contribution in [0.5, 0.6) is 0 Å². The number of hydrogen-bond donors (Lipinski definition) is 2. The standard InChI is InChI=1S/C25H25ClN2O2S.Li.H/c1-17-5-3-4-6-20(17)21-15-18(7-9-19-16-27-13-11-22(19)26)8-10-23(21)28-24(25(29)30)12-14-31-2;;/h3-11,13,15-16,24,28H,12,14H2,1-2H3,(H,29,30);;/q;+1;-1/t24-;;/m0../s1. The second kappa shape index (κ2) is 12.8. The van der Waals surface area contributed by atoms with Crippen LogP contribution in [0.1, 0.15) is 24.5 Å². The molecule has 0 amide bonds. The topological polar surface area (TPSA) is 62.2 Å². The summed E-state index contributed by atoms with van der Waals surface area (Å²) in [6.45, 7) is 2.05. The molecule has 2 N–H and O–H groups in total. The van der Waals surface area contributed by atoms with Gasteiger partial charge in [0.25, 0.3) is 0 Å². The van der Waals surface area contributed by atoms with Crippen molar-refractivity contribution in [2.75, 3.05) is 17.3 Å². The van der Waals surface area contributed by atoms with Crippen LogP contribution in [-0.4, -0.2) is 34.1 Å². The molecule has 4 nitrogen and oxygen atoms in total. The number of rotatable bonds is 9. The maximum atomic E-state index is 11.8. The van der Waals surface area contributed by atoms with Crippen LogP contribution in [0.25, 0.3) is 23.3 Å². The van der Waals surface area contributed by atoms with Gasteiger partial charge in [0.05, 0.1) is 5.02 Å². The first-order valence-corrected chi connectivity index (χ1v) is 11.7. The second-order valence-corrected chi connectivity index (χ2v) is 8.56. The molecule has 1 heterocycles. The van der Waals surface area contributed by atoms with E-state index in [0.717, 1.165) is 39.3 Å². The van der Waals surface area contributed by atoms with Crippen molar-refractivity contribution < 1.29 is 30.2 Å². The fraction of sp³-hybridized carbons (Fsp3) is 0.200. The van der Waals surface area contributed by atoms with Crippen LogP contribution in [0, 0.1) is 6.92 Å². The Hall–Kier alpha value is -2.16. The molecule has 7 heteroatoms. The number of hydrogen-bond acceptors (Lipinski definition) is 4. The van der Waals surface area contributed by atoms with E-state index in [1.165, 1.54) is 0 Å². The summed E-state index contributed by atoms with van der Waals surface area (Å²) >= 11 is 7.87. The van der Waals surface area contributed by atoms with Crippen LogP contribution >= 0.6 is 23.4 Å². The zero-order valence-electron chi connectivity index (χ0n) is 19.5. The SMILES string of the molecule is CSCC[C@H](Nc1ccc(C=Cc2cnccc2Cl)cc1-c1ccccc1C)C(=O)O.[H-].[Li+]. The molecule has 2 aromatic carbocycles. The molecule has 1 atom stereocenters. The van der Waals surface area contributed by atoms with Crippen molar-refractivity contribution in [3.05, 3.63) is 82.6 Å². The minimum atomic E-state index is -0.847. The molecule has 3 rings (SSSR count). The van der Waals surface area contributed by atoms with Gasteiger partial charge in [-0.2, -0.15) is 11.8 Å². The monoisotopic (exact) mass is 460 g/mol. The number of benzene rings is 2. The van der Waals surface area contributed by atoms with Crippen LogP contribution in [0.4, 0.5) is 5.69 Å². The van der Waals surface area contributed by atoms with E-state index in [1.54, 1.807) is 30.2 Å². The van der Waals surface area contributed by atoms with Crippen LogP contribution in [0.3, 0.4) is 0 Å². The molecular weight excluding hydrogens is 435 g/mol. The van der Waals surface area contributed by atoms with Crippen molar-refractivity contribution in [2.45, 2.75) is 19.4 Å². The first-order chi connectivity index (χ1) is 15.0. The molecule has 0 radical (unpaired) electrons. The quantitative estimate of drug-likeness (QED) is 0.478. The summed E-state index contributed by atoms with van der Waals surface area (Å²) in [6, 6.07) is 15.2. The summed E-state index contributed by atoms with van der Waals surface area (Å²) in [5, 5.41) is 13.6. The van der Waals surface area contributed by atoms with Gasteiger partial charge in [-0.15, -0.1) is 0 Å². The van der Waals surface area contributed by atoms with Gasteiger partial charge in [-0.3, -0.25) is 4.98 Å². The average Bonchev–Trinajstić information content (AvgIpc) is 2.77. The van der Waals surface area contributed by atoms with Gasteiger partial charge in [-0.25, -0.2) is 4.79 Å². The third-order valence-corrected chi connectivity index (χ3v) is 5.96. The fourth-order valence-electron chi connectivity index (χ4n) is 3.27. The third kappa shape index (κ3) is 6.92. The normalized spacial score (nSPS) is 11.7. The molecule has 1 aromatic heterocycles. The van der Waals surface area contributed by atoms with Crippen molar-refractivity contribution in [1.82, 2.24) is 4.98 Å². The molecule has 0 bridgehead atoms. The number of aliphatic carboxylic acids is 1. The van der Waals surface area contributed by atoms with Crippen LogP contribution < -0.4 is 24.2 Å². The van der Waals surface area contributed by atoms with E-state index in [-0.39, 0.29) is 20.3 Å². The first kappa shape index (κ1) is 26.1. The second-order valence-electron chi connectivity index (χ2n) is 7.17. The molecule has 0 aliphatic carbocycles. The number of carboxylic acids is 1. The van der Waals surface area contributed by atoms with Crippen LogP contribution in [0.15, 0.2) is 60.9 Å². The molecule has 0 spiro atoms. The van der Waals surface area contributed by atoms with Crippen molar-refractivity contribution in [2.24, 2.45) is 0 Å². The van der Waals surface area contributed by atoms with Crippen molar-refractivity contribution in [1.29, 1.82) is 0 Å². The number of nitrogens with one attached hydrogen (secondary N) is 1. The molecule has 0 aliphatic heterocycles. The maximum Gasteiger partial charge on any atom is 1.00 e. The van der Waals surface area contributed by atoms with Crippen molar-refractivity contribution in [3.8, 4) is 11.1 Å². The number of anilines is 1. The Morgan fingerprint density at radius 3 is 2.69 bits per heavy atom. The number of carbonyl (C=O) groups is 1. The molecule has 0 unspecified atom stereocenters. The number of carboxylic acid groups (broad SMARTS) is 1. The third-order valence-electron chi connectivity index (χ3n) is 4.97. The van der Waals surface area contributed by atoms with E-state index in [1.807, 2.05) is 42.7 Å². The molecular formula is C25H26ClLiN2O2S. The van der Waals surface area contributed by atoms with E-state index in [0.29, 0.717) is 11.4 Å². The zero-order chi connectivity index (χ0) is 22.2. The van der Waals surface area contributed by atoms with Gasteiger partial charge >= 0.3 is 24.8 Å². The Morgan fingerprint density at radius 1 is 1.22 bits per heavy atom. The van der Waals surface area contributed by atoms with E-state index >= 15 is 0 Å². The Morgan fingerprint density at radius 2 is 2.00 bits per heavy atom. The summed E-state index contributed by atoms with van der Waals surface area (Å²) in [7, 11) is 0. The average molecular weight is 461 g/mol. The van der Waals surface area contributed by atoms with E-state index < -0.39 is 12.0 Å². The number of thioether (sulfide) groups is 1. The largest absolute Gasteiger partial charge is 1.00 e. The van der Waals surface area contributed by atoms with E-state index in [9.17, 15) is 9.90 Å². The van der Waals surface area contributed by atoms with Crippen molar-refractivity contribution in [3.63, 3.8) is 0 Å². The molecule has 0 saturated heterocycles. The Bertz CT molecular complexity index is 1100. The van der Waals surface area contributed by atoms with Crippen LogP contribution in [0.2, 0.25) is 5.02 Å². The zero-order valence-corrected chi connectivity index (χ0v) is 20.1. The van der Waals surface area contributed by atoms with E-state index in [4.69, 9.17) is 11.6 Å². The first-order valence-electron chi connectivity index (χ1n) is 9.95. The van der Waals surface area contributed by atoms with E-state index in [2.05, 4.69) is 35.4 Å². The predicted octanol–water partition coefficient (Wildman–Crippen LogP) is 3.62. The maximum absolute atomic E-state index is 11.8. The summed E-state index contributed by atoms with van der Waals surface area (Å²) in [5.41, 5.74) is 5.78. The van der Waals surface area contributed by atoms with Gasteiger partial charge in [-0.1, -0.05) is 54.1 Å². The molecule has 3 aromatic rings. The molecule has 0 aliphatic rings. The number of aromatic nitrogens is 1. The minimum Gasteiger partial charge on any atom is -1.00 e. The minimum absolute atomic E-state index is 0. The van der Waals surface area contributed by atoms with Gasteiger partial charge in [0, 0.05) is 29.2 Å². The fourth-order valence-corrected chi connectivity index (χ4v) is 3.91. The predicted molar refractivity (Wildman–Crippen MR) is 134 cm³/mol. The molecule has 0 fully saturated rings. The van der Waals surface area contributed by atoms with Gasteiger partial charge in [0.1, 0.15) is 6.04 Å². The van der Waals surface area contributed by atoms with Gasteiger partial charge in [0.2, 0.25) is 0 Å². The summed E-state index contributed by atoms with van der Waals surface area (Å²) < 4.78 is 0. The van der Waals surface area contributed by atoms with Gasteiger partial charge in [0.15, 0.2) is 0 Å². The smallest absolute Gasteiger partial charge is 1.00 e. The number of aryl methyl sites for hydroxylation is 1. The Labute approximate surface area is 212 Å². The number of nitrogens with zero attached hydrogens (tertiary/aromatic N) is 1. The van der Waals surface area contributed by atoms with Crippen molar-refractivity contribution >= 4 is 47.2 Å². The number of halogens is 1. The molecule has 32 heavy (non-hydrogen) atoms. The summed E-state index contributed by atoms with van der Waals surface area (Å²) in [4.78, 5) is 15.9. The van der Waals surface area contributed by atoms with Crippen LogP contribution in [-0.2, 0) is 4.79 Å². The Kier molecular flexibility index (Phi) is 10.4. The molecule has 0 saturated carbocycles. The van der Waals surface area contributed by atoms with Gasteiger partial charge in [-0.05, 0) is 60.2 Å².